The molecule has 0 saturated heterocycles. The highest BCUT2D eigenvalue weighted by Crippen LogP contribution is 2.18. The molecule has 0 spiro atoms. The van der Waals surface area contributed by atoms with Crippen LogP contribution in [0.5, 0.6) is 0 Å². The van der Waals surface area contributed by atoms with Gasteiger partial charge in [0.1, 0.15) is 11.3 Å². The van der Waals surface area contributed by atoms with Crippen LogP contribution in [-0.2, 0) is 4.79 Å². The van der Waals surface area contributed by atoms with Crippen molar-refractivity contribution in [3.05, 3.63) is 5.51 Å². The molecular weight excluding hydrogens is 168 g/mol. The second kappa shape index (κ2) is 3.68. The van der Waals surface area contributed by atoms with Crippen LogP contribution in [0.2, 0.25) is 0 Å². The number of rotatable bonds is 3. The van der Waals surface area contributed by atoms with E-state index < -0.39 is 0 Å². The van der Waals surface area contributed by atoms with Gasteiger partial charge in [-0.05, 0) is 6.92 Å². The normalized spacial score (nSPS) is 9.70. The number of aromatic nitrogens is 2. The summed E-state index contributed by atoms with van der Waals surface area (Å²) in [6.45, 7) is 1.56. The fourth-order valence-corrected chi connectivity index (χ4v) is 1.68. The Kier molecular flexibility index (Phi) is 2.82. The number of thioether (sulfide) groups is 1. The molecule has 0 aliphatic heterocycles. The highest BCUT2D eigenvalue weighted by molar-refractivity contribution is 8.01. The molecule has 1 aromatic heterocycles. The number of nitrogens with zero attached hydrogens (tertiary/aromatic N) is 2. The zero-order valence-electron chi connectivity index (χ0n) is 5.40. The molecule has 5 heteroatoms. The Bertz CT molecular complexity index is 209. The van der Waals surface area contributed by atoms with Crippen molar-refractivity contribution < 1.29 is 4.79 Å². The van der Waals surface area contributed by atoms with E-state index in [4.69, 9.17) is 0 Å². The fourth-order valence-electron chi connectivity index (χ4n) is 0.389. The van der Waals surface area contributed by atoms with Crippen LogP contribution in [0, 0.1) is 0 Å². The van der Waals surface area contributed by atoms with Gasteiger partial charge in [-0.2, -0.15) is 0 Å². The standard InChI is InChI=1S/C5H6N2OS2/c1-4(8)2-9-5-7-6-3-10-5/h3H,2H2,1H3. The van der Waals surface area contributed by atoms with E-state index in [1.54, 1.807) is 12.4 Å². The molecule has 54 valence electrons. The van der Waals surface area contributed by atoms with E-state index in [-0.39, 0.29) is 5.78 Å². The first kappa shape index (κ1) is 7.68. The third-order valence-corrected chi connectivity index (χ3v) is 2.74. The van der Waals surface area contributed by atoms with E-state index >= 15 is 0 Å². The molecule has 0 aromatic carbocycles. The Balaban J connectivity index is 2.35. The lowest BCUT2D eigenvalue weighted by atomic mass is 10.5. The van der Waals surface area contributed by atoms with Crippen molar-refractivity contribution in [3.63, 3.8) is 0 Å². The van der Waals surface area contributed by atoms with Crippen LogP contribution in [0.4, 0.5) is 0 Å². The quantitative estimate of drug-likeness (QED) is 0.646. The van der Waals surface area contributed by atoms with Crippen LogP contribution in [0.25, 0.3) is 0 Å². The third-order valence-electron chi connectivity index (χ3n) is 0.739. The second-order valence-corrected chi connectivity index (χ2v) is 3.75. The van der Waals surface area contributed by atoms with Crippen molar-refractivity contribution in [2.24, 2.45) is 0 Å². The van der Waals surface area contributed by atoms with E-state index in [2.05, 4.69) is 10.2 Å². The molecule has 10 heavy (non-hydrogen) atoms. The minimum atomic E-state index is 0.167. The molecule has 0 aliphatic carbocycles. The Labute approximate surface area is 66.9 Å². The van der Waals surface area contributed by atoms with Crippen molar-refractivity contribution in [1.29, 1.82) is 0 Å². The van der Waals surface area contributed by atoms with Crippen molar-refractivity contribution in [2.45, 2.75) is 11.3 Å². The van der Waals surface area contributed by atoms with Crippen LogP contribution in [-0.4, -0.2) is 21.7 Å². The molecule has 1 heterocycles. The van der Waals surface area contributed by atoms with Gasteiger partial charge in [0, 0.05) is 0 Å². The lowest BCUT2D eigenvalue weighted by Gasteiger charge is -1.87. The average molecular weight is 174 g/mol. The Hall–Kier alpha value is -0.420. The molecular formula is C5H6N2OS2. The summed E-state index contributed by atoms with van der Waals surface area (Å²) in [5.41, 5.74) is 1.66. The van der Waals surface area contributed by atoms with Crippen molar-refractivity contribution in [2.75, 3.05) is 5.75 Å². The molecule has 0 radical (unpaired) electrons. The van der Waals surface area contributed by atoms with Crippen molar-refractivity contribution >= 4 is 28.9 Å². The summed E-state index contributed by atoms with van der Waals surface area (Å²) in [6.07, 6.45) is 0. The van der Waals surface area contributed by atoms with Gasteiger partial charge >= 0.3 is 0 Å². The maximum Gasteiger partial charge on any atom is 0.174 e. The van der Waals surface area contributed by atoms with Crippen molar-refractivity contribution in [1.82, 2.24) is 10.2 Å². The molecule has 0 N–H and O–H groups in total. The molecule has 0 fully saturated rings. The molecule has 0 aliphatic rings. The highest BCUT2D eigenvalue weighted by atomic mass is 32.2. The van der Waals surface area contributed by atoms with Gasteiger partial charge in [-0.3, -0.25) is 4.79 Å². The Morgan fingerprint density at radius 1 is 1.90 bits per heavy atom. The third kappa shape index (κ3) is 2.45. The average Bonchev–Trinajstić information content (AvgIpc) is 2.34. The first-order valence-corrected chi connectivity index (χ1v) is 4.54. The second-order valence-electron chi connectivity index (χ2n) is 1.70. The summed E-state index contributed by atoms with van der Waals surface area (Å²) < 4.78 is 0.857. The summed E-state index contributed by atoms with van der Waals surface area (Å²) in [6, 6.07) is 0. The number of Topliss-reactive ketones (excluding diaryl/α,β-unsaturated/α-hetero) is 1. The molecule has 3 nitrogen and oxygen atoms in total. The van der Waals surface area contributed by atoms with E-state index in [0.717, 1.165) is 4.34 Å². The highest BCUT2D eigenvalue weighted by Gasteiger charge is 1.98. The van der Waals surface area contributed by atoms with E-state index in [0.29, 0.717) is 5.75 Å². The fraction of sp³-hybridized carbons (Fsp3) is 0.400. The van der Waals surface area contributed by atoms with Crippen molar-refractivity contribution in [3.8, 4) is 0 Å². The zero-order valence-corrected chi connectivity index (χ0v) is 7.04. The van der Waals surface area contributed by atoms with Gasteiger partial charge in [0.2, 0.25) is 0 Å². The van der Waals surface area contributed by atoms with Gasteiger partial charge in [0.05, 0.1) is 5.75 Å². The lowest BCUT2D eigenvalue weighted by molar-refractivity contribution is -0.114. The van der Waals surface area contributed by atoms with E-state index in [1.165, 1.54) is 23.1 Å². The summed E-state index contributed by atoms with van der Waals surface area (Å²) >= 11 is 2.88. The first-order chi connectivity index (χ1) is 4.79. The molecule has 0 saturated carbocycles. The smallest absolute Gasteiger partial charge is 0.174 e. The van der Waals surface area contributed by atoms with Gasteiger partial charge in [-0.1, -0.05) is 23.1 Å². The van der Waals surface area contributed by atoms with Gasteiger partial charge < -0.3 is 0 Å². The summed E-state index contributed by atoms with van der Waals surface area (Å²) in [7, 11) is 0. The van der Waals surface area contributed by atoms with Crippen LogP contribution in [0.15, 0.2) is 9.85 Å². The molecule has 0 amide bonds. The number of carbonyl (C=O) groups is 1. The van der Waals surface area contributed by atoms with Gasteiger partial charge in [0.25, 0.3) is 0 Å². The molecule has 1 rings (SSSR count). The first-order valence-electron chi connectivity index (χ1n) is 2.67. The number of hydrogen-bond donors (Lipinski definition) is 0. The Morgan fingerprint density at radius 3 is 3.20 bits per heavy atom. The molecule has 0 bridgehead atoms. The van der Waals surface area contributed by atoms with Crippen LogP contribution in [0.1, 0.15) is 6.92 Å². The minimum absolute atomic E-state index is 0.167. The topological polar surface area (TPSA) is 42.9 Å². The Morgan fingerprint density at radius 2 is 2.70 bits per heavy atom. The number of hydrogen-bond acceptors (Lipinski definition) is 5. The monoisotopic (exact) mass is 174 g/mol. The summed E-state index contributed by atoms with van der Waals surface area (Å²) in [5, 5.41) is 7.40. The SMILES string of the molecule is CC(=O)CSc1nncs1. The molecule has 1 aromatic rings. The predicted molar refractivity (Wildman–Crippen MR) is 41.3 cm³/mol. The maximum absolute atomic E-state index is 10.5. The van der Waals surface area contributed by atoms with Crippen LogP contribution in [0.3, 0.4) is 0 Å². The van der Waals surface area contributed by atoms with Crippen LogP contribution < -0.4 is 0 Å². The maximum atomic E-state index is 10.5. The van der Waals surface area contributed by atoms with Gasteiger partial charge in [-0.25, -0.2) is 0 Å². The predicted octanol–water partition coefficient (Wildman–Crippen LogP) is 1.22. The zero-order chi connectivity index (χ0) is 7.40. The minimum Gasteiger partial charge on any atom is -0.299 e. The summed E-state index contributed by atoms with van der Waals surface area (Å²) in [5.74, 6) is 0.662. The van der Waals surface area contributed by atoms with Crippen LogP contribution >= 0.6 is 23.1 Å². The number of ketones is 1. The van der Waals surface area contributed by atoms with E-state index in [1.807, 2.05) is 0 Å². The number of carbonyl (C=O) groups excluding carboxylic acids is 1. The molecule has 0 unspecified atom stereocenters. The lowest BCUT2D eigenvalue weighted by Crippen LogP contribution is -1.92. The molecule has 0 atom stereocenters. The van der Waals surface area contributed by atoms with E-state index in [9.17, 15) is 4.79 Å². The van der Waals surface area contributed by atoms with Gasteiger partial charge in [-0.15, -0.1) is 10.2 Å². The summed E-state index contributed by atoms with van der Waals surface area (Å²) in [4.78, 5) is 10.5. The largest absolute Gasteiger partial charge is 0.299 e. The van der Waals surface area contributed by atoms with Gasteiger partial charge in [0.15, 0.2) is 4.34 Å².